The van der Waals surface area contributed by atoms with E-state index in [1.807, 2.05) is 13.1 Å². The third-order valence-electron chi connectivity index (χ3n) is 4.22. The number of allylic oxidation sites excluding steroid dienone is 1. The molecule has 0 bridgehead atoms. The standard InChI is InChI=1S/C18H27NO3.Li/c1-12(2)7-8-13(3)6-5-9-21-18-16-15(11-22-18)10-19-14(4)17(16)20;/h10,13,18,20H,1,5-9,11H2,2-4H3;/q;+1/p+1/t13-,18?;/m1./s1. The molecule has 0 aromatic carbocycles. The van der Waals surface area contributed by atoms with Crippen molar-refractivity contribution >= 4 is 0 Å². The Kier molecular flexibility index (Phi) is 8.36. The Balaban J connectivity index is 0.00000264. The minimum Gasteiger partial charge on any atom is -0.502 e. The molecule has 4 nitrogen and oxygen atoms in total. The van der Waals surface area contributed by atoms with Crippen molar-refractivity contribution in [3.63, 3.8) is 0 Å². The zero-order valence-corrected chi connectivity index (χ0v) is 14.9. The van der Waals surface area contributed by atoms with Gasteiger partial charge in [0.1, 0.15) is 0 Å². The number of aryl methyl sites for hydroxylation is 1. The molecule has 1 aliphatic heterocycles. The molecular weight excluding hydrogens is 285 g/mol. The van der Waals surface area contributed by atoms with Crippen molar-refractivity contribution in [3.8, 4) is 5.75 Å². The minimum absolute atomic E-state index is 0. The Bertz CT molecular complexity index is 533. The van der Waals surface area contributed by atoms with Crippen LogP contribution in [0.4, 0.5) is 0 Å². The Morgan fingerprint density at radius 1 is 1.52 bits per heavy atom. The van der Waals surface area contributed by atoms with Crippen molar-refractivity contribution in [2.24, 2.45) is 5.92 Å². The number of aromatic amines is 1. The molecule has 0 saturated carbocycles. The van der Waals surface area contributed by atoms with Crippen molar-refractivity contribution in [1.82, 2.24) is 0 Å². The molecule has 23 heavy (non-hydrogen) atoms. The first kappa shape index (κ1) is 20.3. The molecule has 0 aliphatic carbocycles. The van der Waals surface area contributed by atoms with Crippen molar-refractivity contribution in [1.29, 1.82) is 0 Å². The van der Waals surface area contributed by atoms with Gasteiger partial charge in [0.15, 0.2) is 18.2 Å². The molecule has 5 heteroatoms. The maximum absolute atomic E-state index is 10.2. The van der Waals surface area contributed by atoms with Crippen LogP contribution >= 0.6 is 0 Å². The van der Waals surface area contributed by atoms with Crippen LogP contribution in [0.5, 0.6) is 5.75 Å². The molecule has 0 radical (unpaired) electrons. The molecule has 1 aromatic rings. The van der Waals surface area contributed by atoms with Crippen LogP contribution in [0, 0.1) is 12.8 Å². The molecule has 2 rings (SSSR count). The van der Waals surface area contributed by atoms with Gasteiger partial charge in [-0.3, -0.25) is 0 Å². The number of pyridine rings is 1. The molecule has 1 aromatic heterocycles. The van der Waals surface area contributed by atoms with E-state index in [4.69, 9.17) is 9.47 Å². The van der Waals surface area contributed by atoms with Gasteiger partial charge in [0, 0.05) is 6.92 Å². The Morgan fingerprint density at radius 3 is 2.96 bits per heavy atom. The Labute approximate surface area is 151 Å². The van der Waals surface area contributed by atoms with Crippen LogP contribution in [0.25, 0.3) is 0 Å². The molecule has 1 aliphatic rings. The number of nitrogens with one attached hydrogen (secondary N) is 1. The summed E-state index contributed by atoms with van der Waals surface area (Å²) in [7, 11) is 0. The van der Waals surface area contributed by atoms with E-state index < -0.39 is 6.29 Å². The first-order chi connectivity index (χ1) is 10.5. The summed E-state index contributed by atoms with van der Waals surface area (Å²) in [5, 5.41) is 10.2. The van der Waals surface area contributed by atoms with Gasteiger partial charge in [0.2, 0.25) is 5.69 Å². The monoisotopic (exact) mass is 313 g/mol. The number of aromatic nitrogens is 1. The molecule has 0 fully saturated rings. The summed E-state index contributed by atoms with van der Waals surface area (Å²) in [6, 6.07) is 0. The fourth-order valence-corrected chi connectivity index (χ4v) is 2.72. The van der Waals surface area contributed by atoms with Crippen molar-refractivity contribution in [2.75, 3.05) is 6.61 Å². The number of rotatable bonds is 8. The minimum atomic E-state index is -0.436. The molecule has 0 amide bonds. The van der Waals surface area contributed by atoms with E-state index in [9.17, 15) is 5.11 Å². The molecule has 122 valence electrons. The van der Waals surface area contributed by atoms with Gasteiger partial charge < -0.3 is 14.6 Å². The second-order valence-corrected chi connectivity index (χ2v) is 6.46. The third-order valence-corrected chi connectivity index (χ3v) is 4.22. The average molecular weight is 313 g/mol. The zero-order valence-electron chi connectivity index (χ0n) is 14.9. The van der Waals surface area contributed by atoms with Gasteiger partial charge in [-0.15, -0.1) is 6.58 Å². The van der Waals surface area contributed by atoms with Gasteiger partial charge in [0.05, 0.1) is 24.3 Å². The van der Waals surface area contributed by atoms with Crippen LogP contribution in [-0.4, -0.2) is 11.7 Å². The fourth-order valence-electron chi connectivity index (χ4n) is 2.72. The van der Waals surface area contributed by atoms with E-state index in [-0.39, 0.29) is 24.6 Å². The van der Waals surface area contributed by atoms with Crippen LogP contribution in [0.1, 0.15) is 62.6 Å². The largest absolute Gasteiger partial charge is 1.00 e. The summed E-state index contributed by atoms with van der Waals surface area (Å²) in [6.45, 7) is 11.3. The van der Waals surface area contributed by atoms with E-state index in [2.05, 4.69) is 25.4 Å². The summed E-state index contributed by atoms with van der Waals surface area (Å²) in [4.78, 5) is 3.03. The van der Waals surface area contributed by atoms with Crippen molar-refractivity contribution < 1.29 is 38.4 Å². The van der Waals surface area contributed by atoms with Crippen LogP contribution in [-0.2, 0) is 16.1 Å². The molecule has 2 heterocycles. The summed E-state index contributed by atoms with van der Waals surface area (Å²) >= 11 is 0. The van der Waals surface area contributed by atoms with E-state index >= 15 is 0 Å². The first-order valence-corrected chi connectivity index (χ1v) is 8.09. The summed E-state index contributed by atoms with van der Waals surface area (Å²) in [5.74, 6) is 0.942. The van der Waals surface area contributed by atoms with E-state index in [1.54, 1.807) is 0 Å². The number of ether oxygens (including phenoxy) is 2. The maximum atomic E-state index is 10.2. The van der Waals surface area contributed by atoms with Gasteiger partial charge in [0.25, 0.3) is 0 Å². The van der Waals surface area contributed by atoms with E-state index in [0.717, 1.165) is 36.1 Å². The number of aromatic hydroxyl groups is 1. The SMILES string of the molecule is C=C(C)CC[C@H](C)CCCOC1OCc2c[nH+]c(C)c(O)c21.[Li+]. The predicted octanol–water partition coefficient (Wildman–Crippen LogP) is 0.837. The average Bonchev–Trinajstić information content (AvgIpc) is 2.89. The molecule has 1 unspecified atom stereocenters. The summed E-state index contributed by atoms with van der Waals surface area (Å²) < 4.78 is 11.5. The van der Waals surface area contributed by atoms with E-state index in [1.165, 1.54) is 12.0 Å². The van der Waals surface area contributed by atoms with Crippen LogP contribution in [0.15, 0.2) is 18.3 Å². The summed E-state index contributed by atoms with van der Waals surface area (Å²) in [5.41, 5.74) is 3.75. The van der Waals surface area contributed by atoms with Crippen LogP contribution in [0.3, 0.4) is 0 Å². The molecule has 2 N–H and O–H groups in total. The fraction of sp³-hybridized carbons (Fsp3) is 0.611. The number of hydrogen-bond donors (Lipinski definition) is 1. The first-order valence-electron chi connectivity index (χ1n) is 8.09. The third kappa shape index (κ3) is 5.65. The Morgan fingerprint density at radius 2 is 2.26 bits per heavy atom. The summed E-state index contributed by atoms with van der Waals surface area (Å²) in [6.07, 6.45) is 5.88. The number of hydrogen-bond acceptors (Lipinski definition) is 3. The molecular formula is C18H28LiNO3+2. The second kappa shape index (κ2) is 9.49. The number of fused-ring (bicyclic) bond motifs is 1. The van der Waals surface area contributed by atoms with Gasteiger partial charge >= 0.3 is 18.9 Å². The normalized spacial score (nSPS) is 17.4. The number of H-pyrrole nitrogens is 1. The zero-order chi connectivity index (χ0) is 16.1. The van der Waals surface area contributed by atoms with Gasteiger partial charge in [-0.05, 0) is 38.5 Å². The second-order valence-electron chi connectivity index (χ2n) is 6.46. The smallest absolute Gasteiger partial charge is 0.502 e. The quantitative estimate of drug-likeness (QED) is 0.439. The molecule has 2 atom stereocenters. The van der Waals surface area contributed by atoms with Crippen LogP contribution in [0.2, 0.25) is 0 Å². The maximum Gasteiger partial charge on any atom is 1.00 e. The van der Waals surface area contributed by atoms with Gasteiger partial charge in [-0.2, -0.15) is 0 Å². The molecule has 0 saturated heterocycles. The Hall–Kier alpha value is -0.793. The van der Waals surface area contributed by atoms with E-state index in [0.29, 0.717) is 19.1 Å². The molecule has 0 spiro atoms. The van der Waals surface area contributed by atoms with Crippen molar-refractivity contribution in [2.45, 2.75) is 59.4 Å². The predicted molar refractivity (Wildman–Crippen MR) is 85.3 cm³/mol. The van der Waals surface area contributed by atoms with Crippen molar-refractivity contribution in [3.05, 3.63) is 35.2 Å². The van der Waals surface area contributed by atoms with Gasteiger partial charge in [-0.1, -0.05) is 12.5 Å². The van der Waals surface area contributed by atoms with Crippen LogP contribution < -0.4 is 23.8 Å². The van der Waals surface area contributed by atoms with Gasteiger partial charge in [-0.25, -0.2) is 4.98 Å². The topological polar surface area (TPSA) is 52.8 Å².